The van der Waals surface area contributed by atoms with Gasteiger partial charge in [-0.3, -0.25) is 4.79 Å². The van der Waals surface area contributed by atoms with Crippen LogP contribution >= 0.6 is 0 Å². The second kappa shape index (κ2) is 10.3. The van der Waals surface area contributed by atoms with Crippen molar-refractivity contribution in [3.05, 3.63) is 0 Å². The molecule has 0 rings (SSSR count). The summed E-state index contributed by atoms with van der Waals surface area (Å²) in [5.74, 6) is 0.162. The molecular weight excluding hydrogens is 260 g/mol. The zero-order valence-corrected chi connectivity index (χ0v) is 14.0. The molecule has 0 aromatic carbocycles. The smallest absolute Gasteiger partial charge is 0.158 e. The van der Waals surface area contributed by atoms with Gasteiger partial charge in [-0.05, 0) is 41.5 Å². The van der Waals surface area contributed by atoms with Gasteiger partial charge < -0.3 is 19.7 Å². The molecule has 0 heterocycles. The van der Waals surface area contributed by atoms with Gasteiger partial charge in [-0.15, -0.1) is 0 Å². The molecule has 0 spiro atoms. The van der Waals surface area contributed by atoms with Crippen LogP contribution in [0.2, 0.25) is 0 Å². The lowest BCUT2D eigenvalue weighted by atomic mass is 10.2. The van der Waals surface area contributed by atoms with Gasteiger partial charge in [-0.25, -0.2) is 0 Å². The fraction of sp³-hybridized carbons (Fsp3) is 0.933. The number of aliphatic hydroxyl groups is 2. The number of hydrogen-bond acceptors (Lipinski definition) is 5. The molecule has 0 aliphatic rings. The molecule has 0 saturated heterocycles. The molecule has 0 aliphatic carbocycles. The average Bonchev–Trinajstić information content (AvgIpc) is 2.31. The van der Waals surface area contributed by atoms with Gasteiger partial charge in [-0.1, -0.05) is 6.92 Å². The van der Waals surface area contributed by atoms with Crippen LogP contribution in [0.4, 0.5) is 0 Å². The molecule has 1 atom stereocenters. The summed E-state index contributed by atoms with van der Waals surface area (Å²) in [4.78, 5) is 10.7. The van der Waals surface area contributed by atoms with Crippen molar-refractivity contribution in [2.75, 3.05) is 19.8 Å². The first kappa shape index (κ1) is 21.8. The van der Waals surface area contributed by atoms with Gasteiger partial charge in [0, 0.05) is 6.42 Å². The minimum absolute atomic E-state index is 0.162. The van der Waals surface area contributed by atoms with E-state index in [0.717, 1.165) is 0 Å². The monoisotopic (exact) mass is 292 g/mol. The molecule has 0 aromatic rings. The fourth-order valence-corrected chi connectivity index (χ4v) is 0.798. The summed E-state index contributed by atoms with van der Waals surface area (Å²) in [6, 6.07) is 0. The molecule has 0 aromatic heterocycles. The van der Waals surface area contributed by atoms with Gasteiger partial charge in [0.25, 0.3) is 0 Å². The molecular formula is C15H32O5. The first-order chi connectivity index (χ1) is 8.91. The highest BCUT2D eigenvalue weighted by atomic mass is 16.5. The van der Waals surface area contributed by atoms with Crippen LogP contribution in [0.15, 0.2) is 0 Å². The van der Waals surface area contributed by atoms with Gasteiger partial charge in [0.15, 0.2) is 5.78 Å². The summed E-state index contributed by atoms with van der Waals surface area (Å²) in [5.41, 5.74) is -0.430. The quantitative estimate of drug-likeness (QED) is 0.782. The van der Waals surface area contributed by atoms with Crippen molar-refractivity contribution in [1.29, 1.82) is 0 Å². The minimum Gasteiger partial charge on any atom is -0.394 e. The van der Waals surface area contributed by atoms with Crippen LogP contribution in [0, 0.1) is 0 Å². The SMILES string of the molecule is CC(C)(C)OCC(O)CO.CCC(=O)COC(C)(C)C. The number of carbonyl (C=O) groups is 1. The van der Waals surface area contributed by atoms with E-state index in [0.29, 0.717) is 6.42 Å². The van der Waals surface area contributed by atoms with Crippen molar-refractivity contribution in [3.8, 4) is 0 Å². The molecule has 0 aliphatic heterocycles. The lowest BCUT2D eigenvalue weighted by molar-refractivity contribution is -0.128. The second-order valence-electron chi connectivity index (χ2n) is 6.55. The maximum absolute atomic E-state index is 10.7. The van der Waals surface area contributed by atoms with E-state index in [1.807, 2.05) is 48.5 Å². The van der Waals surface area contributed by atoms with Crippen LogP contribution in [-0.2, 0) is 14.3 Å². The van der Waals surface area contributed by atoms with Crippen LogP contribution in [0.25, 0.3) is 0 Å². The second-order valence-corrected chi connectivity index (χ2v) is 6.55. The lowest BCUT2D eigenvalue weighted by Gasteiger charge is -2.20. The van der Waals surface area contributed by atoms with Crippen LogP contribution in [0.1, 0.15) is 54.9 Å². The summed E-state index contributed by atoms with van der Waals surface area (Å²) in [5, 5.41) is 17.2. The predicted molar refractivity (Wildman–Crippen MR) is 79.8 cm³/mol. The highest BCUT2D eigenvalue weighted by Gasteiger charge is 2.12. The van der Waals surface area contributed by atoms with Crippen LogP contribution in [0.3, 0.4) is 0 Å². The van der Waals surface area contributed by atoms with Crippen molar-refractivity contribution in [1.82, 2.24) is 0 Å². The van der Waals surface area contributed by atoms with E-state index in [9.17, 15) is 4.79 Å². The molecule has 1 unspecified atom stereocenters. The Morgan fingerprint density at radius 3 is 1.80 bits per heavy atom. The van der Waals surface area contributed by atoms with Crippen LogP contribution in [0.5, 0.6) is 0 Å². The third-order valence-corrected chi connectivity index (χ3v) is 1.98. The van der Waals surface area contributed by atoms with Gasteiger partial charge in [0.05, 0.1) is 24.4 Å². The van der Waals surface area contributed by atoms with E-state index in [2.05, 4.69) is 0 Å². The van der Waals surface area contributed by atoms with Crippen molar-refractivity contribution >= 4 is 5.78 Å². The Bertz CT molecular complexity index is 250. The van der Waals surface area contributed by atoms with E-state index in [-0.39, 0.29) is 36.8 Å². The zero-order valence-electron chi connectivity index (χ0n) is 14.0. The largest absolute Gasteiger partial charge is 0.394 e. The van der Waals surface area contributed by atoms with Gasteiger partial charge in [0.1, 0.15) is 12.7 Å². The number of ether oxygens (including phenoxy) is 2. The third-order valence-electron chi connectivity index (χ3n) is 1.98. The zero-order chi connectivity index (χ0) is 16.4. The number of Topliss-reactive ketones (excluding diaryl/α,β-unsaturated/α-hetero) is 1. The van der Waals surface area contributed by atoms with E-state index in [1.165, 1.54) is 0 Å². The number of ketones is 1. The van der Waals surface area contributed by atoms with E-state index < -0.39 is 6.10 Å². The Morgan fingerprint density at radius 1 is 1.05 bits per heavy atom. The summed E-state index contributed by atoms with van der Waals surface area (Å²) in [6.07, 6.45) is -0.185. The number of carbonyl (C=O) groups excluding carboxylic acids is 1. The highest BCUT2D eigenvalue weighted by molar-refractivity contribution is 5.79. The third kappa shape index (κ3) is 19.8. The normalized spacial score (nSPS) is 13.4. The van der Waals surface area contributed by atoms with Gasteiger partial charge >= 0.3 is 0 Å². The number of aliphatic hydroxyl groups excluding tert-OH is 2. The van der Waals surface area contributed by atoms with Crippen LogP contribution in [-0.4, -0.2) is 53.1 Å². The molecule has 0 fully saturated rings. The molecule has 5 nitrogen and oxygen atoms in total. The molecule has 122 valence electrons. The molecule has 0 amide bonds. The summed E-state index contributed by atoms with van der Waals surface area (Å²) >= 11 is 0. The summed E-state index contributed by atoms with van der Waals surface area (Å²) in [6.45, 7) is 13.6. The molecule has 0 saturated carbocycles. The first-order valence-electron chi connectivity index (χ1n) is 6.99. The number of rotatable bonds is 6. The molecule has 5 heteroatoms. The molecule has 0 radical (unpaired) electrons. The standard InChI is InChI=1S/C8H16O2.C7H16O3/c1-5-7(9)6-10-8(2,3)4;1-7(2,3)10-5-6(9)4-8/h5-6H2,1-4H3;6,8-9H,4-5H2,1-3H3. The topological polar surface area (TPSA) is 76.0 Å². The Balaban J connectivity index is 0. The van der Waals surface area contributed by atoms with E-state index in [1.54, 1.807) is 0 Å². The van der Waals surface area contributed by atoms with Crippen molar-refractivity contribution in [2.24, 2.45) is 0 Å². The van der Waals surface area contributed by atoms with Crippen LogP contribution < -0.4 is 0 Å². The predicted octanol–water partition coefficient (Wildman–Crippen LogP) is 1.94. The Hall–Kier alpha value is -0.490. The molecule has 0 bridgehead atoms. The summed E-state index contributed by atoms with van der Waals surface area (Å²) in [7, 11) is 0. The number of hydrogen-bond donors (Lipinski definition) is 2. The fourth-order valence-electron chi connectivity index (χ4n) is 0.798. The van der Waals surface area contributed by atoms with Crippen molar-refractivity contribution < 1.29 is 24.5 Å². The Kier molecular flexibility index (Phi) is 11.2. The lowest BCUT2D eigenvalue weighted by Crippen LogP contribution is -2.27. The maximum Gasteiger partial charge on any atom is 0.158 e. The van der Waals surface area contributed by atoms with Crippen molar-refractivity contribution in [3.63, 3.8) is 0 Å². The Morgan fingerprint density at radius 2 is 1.50 bits per heavy atom. The Labute approximate surface area is 123 Å². The highest BCUT2D eigenvalue weighted by Crippen LogP contribution is 2.07. The minimum atomic E-state index is -0.751. The molecule has 2 N–H and O–H groups in total. The maximum atomic E-state index is 10.7. The van der Waals surface area contributed by atoms with E-state index >= 15 is 0 Å². The van der Waals surface area contributed by atoms with Crippen molar-refractivity contribution in [2.45, 2.75) is 72.2 Å². The molecule has 20 heavy (non-hydrogen) atoms. The van der Waals surface area contributed by atoms with Gasteiger partial charge in [-0.2, -0.15) is 0 Å². The first-order valence-corrected chi connectivity index (χ1v) is 6.99. The van der Waals surface area contributed by atoms with E-state index in [4.69, 9.17) is 19.7 Å². The van der Waals surface area contributed by atoms with Gasteiger partial charge in [0.2, 0.25) is 0 Å². The summed E-state index contributed by atoms with van der Waals surface area (Å²) < 4.78 is 10.4. The average molecular weight is 292 g/mol.